The molecule has 0 spiro atoms. The number of carbonyl (C=O) groups excluding carboxylic acids is 1. The van der Waals surface area contributed by atoms with Crippen molar-refractivity contribution in [3.8, 4) is 0 Å². The van der Waals surface area contributed by atoms with Crippen molar-refractivity contribution >= 4 is 27.5 Å². The van der Waals surface area contributed by atoms with Gasteiger partial charge in [-0.05, 0) is 25.0 Å². The third-order valence-electron chi connectivity index (χ3n) is 6.02. The summed E-state index contributed by atoms with van der Waals surface area (Å²) in [4.78, 5) is 29.7. The fourth-order valence-corrected chi connectivity index (χ4v) is 5.21. The van der Waals surface area contributed by atoms with Crippen LogP contribution in [0.15, 0.2) is 28.9 Å². The lowest BCUT2D eigenvalue weighted by Crippen LogP contribution is -2.41. The topological polar surface area (TPSA) is 108 Å². The third kappa shape index (κ3) is 3.21. The van der Waals surface area contributed by atoms with Gasteiger partial charge in [-0.15, -0.1) is 11.3 Å². The van der Waals surface area contributed by atoms with Crippen LogP contribution in [0.4, 0.5) is 17.6 Å². The van der Waals surface area contributed by atoms with E-state index in [0.29, 0.717) is 27.5 Å². The molecule has 0 radical (unpaired) electrons. The van der Waals surface area contributed by atoms with Crippen molar-refractivity contribution in [1.29, 1.82) is 0 Å². The van der Waals surface area contributed by atoms with Crippen molar-refractivity contribution < 1.29 is 31.9 Å². The van der Waals surface area contributed by atoms with Crippen molar-refractivity contribution in [3.05, 3.63) is 64.1 Å². The highest BCUT2D eigenvalue weighted by molar-refractivity contribution is 7.18. The van der Waals surface area contributed by atoms with Crippen LogP contribution in [0, 0.1) is 5.82 Å². The Morgan fingerprint density at radius 1 is 1.29 bits per heavy atom. The number of aromatic nitrogens is 4. The van der Waals surface area contributed by atoms with Crippen LogP contribution in [0.5, 0.6) is 0 Å². The molecular formula is C21H15F4N5O3S. The lowest BCUT2D eigenvalue weighted by atomic mass is 10.0. The van der Waals surface area contributed by atoms with Gasteiger partial charge in [0, 0.05) is 18.7 Å². The Labute approximate surface area is 192 Å². The Bertz CT molecular complexity index is 1440. The first-order valence-electron chi connectivity index (χ1n) is 10.3. The van der Waals surface area contributed by atoms with E-state index in [0.717, 1.165) is 11.3 Å². The molecule has 8 nitrogen and oxygen atoms in total. The number of H-pyrrole nitrogens is 1. The molecule has 1 saturated carbocycles. The summed E-state index contributed by atoms with van der Waals surface area (Å²) in [6, 6.07) is 3.49. The van der Waals surface area contributed by atoms with Gasteiger partial charge in [-0.3, -0.25) is 4.79 Å². The van der Waals surface area contributed by atoms with Gasteiger partial charge in [0.1, 0.15) is 28.0 Å². The van der Waals surface area contributed by atoms with E-state index in [1.165, 1.54) is 23.4 Å². The van der Waals surface area contributed by atoms with Crippen molar-refractivity contribution in [2.45, 2.75) is 37.1 Å². The molecule has 2 N–H and O–H groups in total. The number of aromatic amines is 1. The standard InChI is InChI=1S/C21H15F4N5O3S/c22-9-2-1-3-11-12(9)28-17(34-11)14-13-10(26-8-27-13)4-7-30(14)18(31)15-16(21(23,24)25)29-19(33-15)20(32)5-6-20/h1-3,8,14,32H,4-7H2,(H,26,27)/t14-/m0/s1. The van der Waals surface area contributed by atoms with Crippen molar-refractivity contribution in [3.63, 3.8) is 0 Å². The molecule has 2 aliphatic rings. The summed E-state index contributed by atoms with van der Waals surface area (Å²) in [6.45, 7) is 0.0364. The summed E-state index contributed by atoms with van der Waals surface area (Å²) in [7, 11) is 0. The highest BCUT2D eigenvalue weighted by atomic mass is 32.1. The number of para-hydroxylation sites is 1. The number of benzene rings is 1. The fraction of sp³-hybridized carbons (Fsp3) is 0.333. The van der Waals surface area contributed by atoms with Gasteiger partial charge in [0.25, 0.3) is 5.91 Å². The van der Waals surface area contributed by atoms with E-state index < -0.39 is 46.9 Å². The van der Waals surface area contributed by atoms with Crippen molar-refractivity contribution in [2.24, 2.45) is 0 Å². The lowest BCUT2D eigenvalue weighted by Gasteiger charge is -2.33. The number of alkyl halides is 3. The second-order valence-corrected chi connectivity index (χ2v) is 9.34. The quantitative estimate of drug-likeness (QED) is 0.419. The van der Waals surface area contributed by atoms with Crippen LogP contribution in [0.25, 0.3) is 10.2 Å². The van der Waals surface area contributed by atoms with Gasteiger partial charge in [0.05, 0.1) is 16.7 Å². The maximum Gasteiger partial charge on any atom is 0.437 e. The predicted octanol–water partition coefficient (Wildman–Crippen LogP) is 3.93. The zero-order valence-corrected chi connectivity index (χ0v) is 18.0. The SMILES string of the molecule is O=C(c1oc(C2(O)CC2)nc1C(F)(F)F)N1CCc2[nH]cnc2[C@H]1c1nc2c(F)cccc2s1. The summed E-state index contributed by atoms with van der Waals surface area (Å²) < 4.78 is 61.3. The van der Waals surface area contributed by atoms with Gasteiger partial charge in [-0.1, -0.05) is 6.07 Å². The number of rotatable bonds is 3. The average molecular weight is 493 g/mol. The first-order valence-corrected chi connectivity index (χ1v) is 11.2. The molecule has 1 aromatic carbocycles. The Morgan fingerprint density at radius 3 is 2.79 bits per heavy atom. The Morgan fingerprint density at radius 2 is 2.09 bits per heavy atom. The van der Waals surface area contributed by atoms with Crippen molar-refractivity contribution in [2.75, 3.05) is 6.54 Å². The van der Waals surface area contributed by atoms with Crippen LogP contribution in [-0.4, -0.2) is 42.4 Å². The molecule has 176 valence electrons. The third-order valence-corrected chi connectivity index (χ3v) is 7.09. The summed E-state index contributed by atoms with van der Waals surface area (Å²) in [6.07, 6.45) is -2.85. The highest BCUT2D eigenvalue weighted by Crippen LogP contribution is 2.47. The predicted molar refractivity (Wildman–Crippen MR) is 109 cm³/mol. The first kappa shape index (κ1) is 21.2. The van der Waals surface area contributed by atoms with E-state index in [1.807, 2.05) is 0 Å². The van der Waals surface area contributed by atoms with Gasteiger partial charge in [-0.2, -0.15) is 13.2 Å². The molecule has 0 bridgehead atoms. The van der Waals surface area contributed by atoms with Crippen LogP contribution in [0.3, 0.4) is 0 Å². The smallest absolute Gasteiger partial charge is 0.432 e. The van der Waals surface area contributed by atoms with Gasteiger partial charge in [0.15, 0.2) is 5.69 Å². The molecule has 0 saturated heterocycles. The second kappa shape index (κ2) is 7.09. The summed E-state index contributed by atoms with van der Waals surface area (Å²) in [5.74, 6) is -3.14. The molecule has 1 aliphatic heterocycles. The first-order chi connectivity index (χ1) is 16.2. The molecule has 3 aromatic heterocycles. The molecule has 6 rings (SSSR count). The van der Waals surface area contributed by atoms with E-state index in [2.05, 4.69) is 19.9 Å². The lowest BCUT2D eigenvalue weighted by molar-refractivity contribution is -0.141. The number of halogens is 4. The minimum Gasteiger partial charge on any atom is -0.432 e. The number of carbonyl (C=O) groups is 1. The fourth-order valence-electron chi connectivity index (χ4n) is 4.11. The number of hydrogen-bond acceptors (Lipinski definition) is 7. The number of nitrogens with one attached hydrogen (secondary N) is 1. The Balaban J connectivity index is 1.48. The molecule has 4 heterocycles. The molecule has 0 unspecified atom stereocenters. The molecule has 13 heteroatoms. The second-order valence-electron chi connectivity index (χ2n) is 8.28. The number of amides is 1. The van der Waals surface area contributed by atoms with Crippen LogP contribution in [0.2, 0.25) is 0 Å². The number of oxazole rings is 1. The van der Waals surface area contributed by atoms with Gasteiger partial charge >= 0.3 is 6.18 Å². The minimum absolute atomic E-state index is 0.0364. The summed E-state index contributed by atoms with van der Waals surface area (Å²) in [5.41, 5.74) is -1.87. The monoisotopic (exact) mass is 493 g/mol. The van der Waals surface area contributed by atoms with Crippen LogP contribution < -0.4 is 0 Å². The number of aliphatic hydroxyl groups is 1. The Kier molecular flexibility index (Phi) is 4.43. The average Bonchev–Trinajstić information content (AvgIpc) is 3.24. The van der Waals surface area contributed by atoms with Gasteiger partial charge in [0.2, 0.25) is 11.7 Å². The summed E-state index contributed by atoms with van der Waals surface area (Å²) in [5, 5.41) is 10.5. The zero-order chi connectivity index (χ0) is 23.8. The maximum atomic E-state index is 14.3. The van der Waals surface area contributed by atoms with Crippen LogP contribution in [-0.2, 0) is 18.2 Å². The van der Waals surface area contributed by atoms with Gasteiger partial charge in [-0.25, -0.2) is 19.3 Å². The largest absolute Gasteiger partial charge is 0.437 e. The molecule has 1 fully saturated rings. The summed E-state index contributed by atoms with van der Waals surface area (Å²) >= 11 is 1.12. The van der Waals surface area contributed by atoms with Crippen molar-refractivity contribution in [1.82, 2.24) is 24.8 Å². The highest BCUT2D eigenvalue weighted by Gasteiger charge is 2.52. The van der Waals surface area contributed by atoms with E-state index in [9.17, 15) is 27.5 Å². The molecule has 1 atom stereocenters. The van der Waals surface area contributed by atoms with E-state index in [4.69, 9.17) is 4.42 Å². The maximum absolute atomic E-state index is 14.3. The number of imidazole rings is 1. The van der Waals surface area contributed by atoms with Crippen LogP contribution in [0.1, 0.15) is 57.4 Å². The molecule has 34 heavy (non-hydrogen) atoms. The number of hydrogen-bond donors (Lipinski definition) is 2. The van der Waals surface area contributed by atoms with E-state index >= 15 is 0 Å². The van der Waals surface area contributed by atoms with Crippen LogP contribution >= 0.6 is 11.3 Å². The number of nitrogens with zero attached hydrogens (tertiary/aromatic N) is 4. The van der Waals surface area contributed by atoms with Gasteiger partial charge < -0.3 is 19.4 Å². The molecule has 4 aromatic rings. The van der Waals surface area contributed by atoms with E-state index in [-0.39, 0.29) is 24.9 Å². The van der Waals surface area contributed by atoms with E-state index in [1.54, 1.807) is 6.07 Å². The number of fused-ring (bicyclic) bond motifs is 2. The zero-order valence-electron chi connectivity index (χ0n) is 17.2. The molecular weight excluding hydrogens is 478 g/mol. The number of thiazole rings is 1. The molecule has 1 aliphatic carbocycles. The Hall–Kier alpha value is -3.32. The normalized spacial score (nSPS) is 19.4. The minimum atomic E-state index is -4.97. The molecule has 1 amide bonds.